The minimum Gasteiger partial charge on any atom is -0.394 e. The van der Waals surface area contributed by atoms with Gasteiger partial charge in [0.15, 0.2) is 0 Å². The minimum atomic E-state index is -0.316. The zero-order chi connectivity index (χ0) is 10.6. The van der Waals surface area contributed by atoms with Crippen LogP contribution in [0.3, 0.4) is 0 Å². The molecular weight excluding hydrogens is 204 g/mol. The van der Waals surface area contributed by atoms with Crippen molar-refractivity contribution in [1.29, 1.82) is 0 Å². The third-order valence-corrected chi connectivity index (χ3v) is 1.83. The highest BCUT2D eigenvalue weighted by molar-refractivity contribution is 6.30. The van der Waals surface area contributed by atoms with E-state index >= 15 is 0 Å². The average molecular weight is 215 g/mol. The van der Waals surface area contributed by atoms with Gasteiger partial charge in [0.05, 0.1) is 11.6 Å². The van der Waals surface area contributed by atoms with Gasteiger partial charge in [0, 0.05) is 12.2 Å². The van der Waals surface area contributed by atoms with Gasteiger partial charge in [-0.3, -0.25) is 4.79 Å². The Balaban J connectivity index is 2.65. The smallest absolute Gasteiger partial charge is 0.270 e. The number of hydrogen-bond donors (Lipinski definition) is 2. The summed E-state index contributed by atoms with van der Waals surface area (Å²) in [5.41, 5.74) is 0.287. The highest BCUT2D eigenvalue weighted by atomic mass is 35.5. The van der Waals surface area contributed by atoms with Crippen molar-refractivity contribution in [2.75, 3.05) is 6.61 Å². The molecular formula is C9H11ClN2O2. The molecule has 0 fully saturated rings. The van der Waals surface area contributed by atoms with Crippen LogP contribution in [0.2, 0.25) is 5.02 Å². The number of nitrogens with one attached hydrogen (secondary N) is 1. The Morgan fingerprint density at radius 3 is 2.93 bits per heavy atom. The molecule has 2 N–H and O–H groups in total. The van der Waals surface area contributed by atoms with Crippen LogP contribution in [0, 0.1) is 0 Å². The summed E-state index contributed by atoms with van der Waals surface area (Å²) in [6.07, 6.45) is 1.40. The molecule has 0 saturated carbocycles. The van der Waals surface area contributed by atoms with Gasteiger partial charge in [-0.15, -0.1) is 0 Å². The fourth-order valence-electron chi connectivity index (χ4n) is 0.854. The number of rotatable bonds is 3. The molecule has 0 aliphatic rings. The molecule has 1 aromatic heterocycles. The van der Waals surface area contributed by atoms with Gasteiger partial charge in [-0.2, -0.15) is 0 Å². The quantitative estimate of drug-likeness (QED) is 0.784. The molecule has 4 nitrogen and oxygen atoms in total. The van der Waals surface area contributed by atoms with Gasteiger partial charge in [-0.05, 0) is 19.1 Å². The van der Waals surface area contributed by atoms with Gasteiger partial charge in [-0.1, -0.05) is 11.6 Å². The third-order valence-electron chi connectivity index (χ3n) is 1.61. The number of aliphatic hydroxyl groups excluding tert-OH is 1. The number of carbonyl (C=O) groups excluding carboxylic acids is 1. The standard InChI is InChI=1S/C9H11ClN2O2/c1-6(5-13)12-9(14)8-3-2-7(10)4-11-8/h2-4,6,13H,5H2,1H3,(H,12,14)/t6-/m1/s1. The van der Waals surface area contributed by atoms with Crippen LogP contribution in [0.25, 0.3) is 0 Å². The second kappa shape index (κ2) is 4.93. The summed E-state index contributed by atoms with van der Waals surface area (Å²) < 4.78 is 0. The van der Waals surface area contributed by atoms with Gasteiger partial charge in [0.25, 0.3) is 5.91 Å². The summed E-state index contributed by atoms with van der Waals surface area (Å²) in [7, 11) is 0. The number of nitrogens with zero attached hydrogens (tertiary/aromatic N) is 1. The lowest BCUT2D eigenvalue weighted by molar-refractivity contribution is 0.0917. The summed E-state index contributed by atoms with van der Waals surface area (Å²) in [6, 6.07) is 2.84. The van der Waals surface area contributed by atoms with E-state index in [1.165, 1.54) is 12.3 Å². The van der Waals surface area contributed by atoms with Crippen molar-refractivity contribution < 1.29 is 9.90 Å². The highest BCUT2D eigenvalue weighted by Crippen LogP contribution is 2.05. The number of pyridine rings is 1. The number of hydrogen-bond acceptors (Lipinski definition) is 3. The Bertz CT molecular complexity index is 313. The van der Waals surface area contributed by atoms with Gasteiger partial charge in [-0.25, -0.2) is 4.98 Å². The molecule has 0 aliphatic carbocycles. The van der Waals surface area contributed by atoms with E-state index in [0.717, 1.165) is 0 Å². The van der Waals surface area contributed by atoms with Crippen molar-refractivity contribution in [1.82, 2.24) is 10.3 Å². The molecule has 0 aliphatic heterocycles. The molecule has 0 saturated heterocycles. The first-order valence-corrected chi connectivity index (χ1v) is 4.54. The van der Waals surface area contributed by atoms with Crippen molar-refractivity contribution in [3.8, 4) is 0 Å². The molecule has 0 aromatic carbocycles. The highest BCUT2D eigenvalue weighted by Gasteiger charge is 2.09. The summed E-state index contributed by atoms with van der Waals surface area (Å²) >= 11 is 5.62. The fraction of sp³-hybridized carbons (Fsp3) is 0.333. The second-order valence-corrected chi connectivity index (χ2v) is 3.36. The zero-order valence-electron chi connectivity index (χ0n) is 7.70. The van der Waals surface area contributed by atoms with Crippen molar-refractivity contribution in [3.63, 3.8) is 0 Å². The lowest BCUT2D eigenvalue weighted by Crippen LogP contribution is -2.35. The van der Waals surface area contributed by atoms with E-state index in [0.29, 0.717) is 5.02 Å². The van der Waals surface area contributed by atoms with Crippen LogP contribution in [0.4, 0.5) is 0 Å². The molecule has 1 amide bonds. The monoisotopic (exact) mass is 214 g/mol. The number of carbonyl (C=O) groups is 1. The molecule has 76 valence electrons. The summed E-state index contributed by atoms with van der Waals surface area (Å²) in [5, 5.41) is 11.8. The van der Waals surface area contributed by atoms with Crippen molar-refractivity contribution in [2.24, 2.45) is 0 Å². The van der Waals surface area contributed by atoms with Gasteiger partial charge in [0.1, 0.15) is 5.69 Å². The normalized spacial score (nSPS) is 12.2. The molecule has 0 radical (unpaired) electrons. The topological polar surface area (TPSA) is 62.2 Å². The number of aliphatic hydroxyl groups is 1. The molecule has 0 spiro atoms. The Morgan fingerprint density at radius 2 is 2.43 bits per heavy atom. The van der Waals surface area contributed by atoms with Crippen LogP contribution in [0.15, 0.2) is 18.3 Å². The first-order valence-electron chi connectivity index (χ1n) is 4.16. The van der Waals surface area contributed by atoms with Gasteiger partial charge in [0.2, 0.25) is 0 Å². The van der Waals surface area contributed by atoms with E-state index < -0.39 is 0 Å². The van der Waals surface area contributed by atoms with E-state index in [2.05, 4.69) is 10.3 Å². The lowest BCUT2D eigenvalue weighted by Gasteiger charge is -2.09. The van der Waals surface area contributed by atoms with E-state index in [1.807, 2.05) is 0 Å². The van der Waals surface area contributed by atoms with Crippen molar-refractivity contribution in [3.05, 3.63) is 29.0 Å². The maximum atomic E-state index is 11.4. The van der Waals surface area contributed by atoms with E-state index in [4.69, 9.17) is 16.7 Å². The molecule has 1 heterocycles. The van der Waals surface area contributed by atoms with Crippen LogP contribution in [0.5, 0.6) is 0 Å². The molecule has 1 rings (SSSR count). The maximum absolute atomic E-state index is 11.4. The van der Waals surface area contributed by atoms with E-state index in [-0.39, 0.29) is 24.2 Å². The van der Waals surface area contributed by atoms with Crippen molar-refractivity contribution >= 4 is 17.5 Å². The van der Waals surface area contributed by atoms with Crippen LogP contribution in [-0.4, -0.2) is 28.6 Å². The molecule has 1 atom stereocenters. The van der Waals surface area contributed by atoms with E-state index in [9.17, 15) is 4.79 Å². The van der Waals surface area contributed by atoms with Crippen LogP contribution in [-0.2, 0) is 0 Å². The van der Waals surface area contributed by atoms with Crippen LogP contribution < -0.4 is 5.32 Å². The zero-order valence-corrected chi connectivity index (χ0v) is 8.45. The van der Waals surface area contributed by atoms with Crippen LogP contribution >= 0.6 is 11.6 Å². The average Bonchev–Trinajstić information content (AvgIpc) is 2.18. The largest absolute Gasteiger partial charge is 0.394 e. The van der Waals surface area contributed by atoms with Gasteiger partial charge >= 0.3 is 0 Å². The minimum absolute atomic E-state index is 0.0979. The lowest BCUT2D eigenvalue weighted by atomic mass is 10.3. The molecule has 0 bridgehead atoms. The van der Waals surface area contributed by atoms with E-state index in [1.54, 1.807) is 13.0 Å². The molecule has 14 heavy (non-hydrogen) atoms. The number of amides is 1. The Morgan fingerprint density at radius 1 is 1.71 bits per heavy atom. The van der Waals surface area contributed by atoms with Gasteiger partial charge < -0.3 is 10.4 Å². The van der Waals surface area contributed by atoms with Crippen LogP contribution in [0.1, 0.15) is 17.4 Å². The Labute approximate surface area is 86.9 Å². The predicted molar refractivity (Wildman–Crippen MR) is 53.3 cm³/mol. The predicted octanol–water partition coefficient (Wildman–Crippen LogP) is 0.846. The number of halogens is 1. The first kappa shape index (κ1) is 10.9. The van der Waals surface area contributed by atoms with Crippen molar-refractivity contribution in [2.45, 2.75) is 13.0 Å². The Kier molecular flexibility index (Phi) is 3.85. The Hall–Kier alpha value is -1.13. The first-order chi connectivity index (χ1) is 6.63. The fourth-order valence-corrected chi connectivity index (χ4v) is 0.965. The maximum Gasteiger partial charge on any atom is 0.270 e. The summed E-state index contributed by atoms with van der Waals surface area (Å²) in [6.45, 7) is 1.60. The molecule has 0 unspecified atom stereocenters. The molecule has 1 aromatic rings. The second-order valence-electron chi connectivity index (χ2n) is 2.92. The SMILES string of the molecule is C[C@H](CO)NC(=O)c1ccc(Cl)cn1. The number of aromatic nitrogens is 1. The molecule has 5 heteroatoms. The summed E-state index contributed by atoms with van der Waals surface area (Å²) in [5.74, 6) is -0.316. The third kappa shape index (κ3) is 2.97. The summed E-state index contributed by atoms with van der Waals surface area (Å²) in [4.78, 5) is 15.2.